The highest BCUT2D eigenvalue weighted by Gasteiger charge is 2.22. The van der Waals surface area contributed by atoms with Gasteiger partial charge in [0.1, 0.15) is 29.8 Å². The maximum absolute atomic E-state index is 14.0. The minimum Gasteiger partial charge on any atom is -0.486 e. The summed E-state index contributed by atoms with van der Waals surface area (Å²) in [6.45, 7) is 2.12. The minimum absolute atomic E-state index is 0.218. The Hall–Kier alpha value is -2.95. The third-order valence-corrected chi connectivity index (χ3v) is 5.64. The second-order valence-corrected chi connectivity index (χ2v) is 10.1. The Morgan fingerprint density at radius 2 is 2.09 bits per heavy atom. The summed E-state index contributed by atoms with van der Waals surface area (Å²) in [5.74, 6) is 4.04. The number of anilines is 3. The van der Waals surface area contributed by atoms with Crippen molar-refractivity contribution in [2.75, 3.05) is 22.9 Å². The molecule has 4 rings (SSSR count). The van der Waals surface area contributed by atoms with Crippen molar-refractivity contribution in [3.05, 3.63) is 48.0 Å². The van der Waals surface area contributed by atoms with Gasteiger partial charge in [-0.05, 0) is 49.0 Å². The molecule has 0 saturated carbocycles. The van der Waals surface area contributed by atoms with Crippen LogP contribution in [0.5, 0.6) is 5.75 Å². The molecule has 0 radical (unpaired) electrons. The molecule has 1 fully saturated rings. The predicted molar refractivity (Wildman–Crippen MR) is 124 cm³/mol. The number of nitrogens with one attached hydrogen (secondary N) is 2. The van der Waals surface area contributed by atoms with Gasteiger partial charge in [0.15, 0.2) is 6.29 Å². The Kier molecular flexibility index (Phi) is 6.18. The second-order valence-electron chi connectivity index (χ2n) is 7.89. The topological polar surface area (TPSA) is 106 Å². The molecule has 1 aliphatic heterocycles. The number of aryl methyl sites for hydroxylation is 1. The molecule has 2 aromatic carbocycles. The molecule has 3 N–H and O–H groups in total. The van der Waals surface area contributed by atoms with Crippen LogP contribution in [0.2, 0.25) is 0 Å². The fourth-order valence-electron chi connectivity index (χ4n) is 3.61. The fraction of sp³-hybridized carbons (Fsp3) is 0.318. The van der Waals surface area contributed by atoms with E-state index in [1.807, 2.05) is 13.0 Å². The van der Waals surface area contributed by atoms with Crippen LogP contribution >= 0.6 is 0 Å². The molecule has 0 spiro atoms. The second kappa shape index (κ2) is 8.89. The summed E-state index contributed by atoms with van der Waals surface area (Å²) in [5, 5.41) is 13.5. The van der Waals surface area contributed by atoms with E-state index >= 15 is 0 Å². The van der Waals surface area contributed by atoms with Gasteiger partial charge >= 0.3 is 0 Å². The normalized spacial score (nSPS) is 20.5. The number of aromatic nitrogens is 2. The Labute approximate surface area is 185 Å². The van der Waals surface area contributed by atoms with Crippen LogP contribution in [0.3, 0.4) is 0 Å². The van der Waals surface area contributed by atoms with Crippen molar-refractivity contribution in [2.24, 2.45) is 0 Å². The molecule has 0 amide bonds. The van der Waals surface area contributed by atoms with E-state index in [0.29, 0.717) is 41.3 Å². The van der Waals surface area contributed by atoms with Crippen molar-refractivity contribution in [1.82, 2.24) is 9.97 Å². The predicted octanol–water partition coefficient (Wildman–Crippen LogP) is 3.37. The van der Waals surface area contributed by atoms with E-state index in [4.69, 9.17) is 9.47 Å². The number of aliphatic hydroxyl groups excluding tert-OH is 1. The van der Waals surface area contributed by atoms with Crippen molar-refractivity contribution in [3.63, 3.8) is 0 Å². The van der Waals surface area contributed by atoms with Crippen LogP contribution in [0, 0.1) is 12.7 Å². The lowest BCUT2D eigenvalue weighted by Crippen LogP contribution is -2.33. The third kappa shape index (κ3) is 5.26. The largest absolute Gasteiger partial charge is 0.486 e. The van der Waals surface area contributed by atoms with E-state index in [1.54, 1.807) is 12.1 Å². The van der Waals surface area contributed by atoms with E-state index in [2.05, 4.69) is 25.9 Å². The molecule has 170 valence electrons. The van der Waals surface area contributed by atoms with Crippen LogP contribution in [-0.2, 0) is 14.4 Å². The molecule has 8 nitrogen and oxygen atoms in total. The maximum Gasteiger partial charge on any atom is 0.154 e. The van der Waals surface area contributed by atoms with Crippen LogP contribution in [0.25, 0.3) is 10.9 Å². The molecule has 1 aromatic heterocycles. The maximum atomic E-state index is 14.0. The SMILES string of the molecule is C=S(C)(=O)Nc1cc(C)c2c(Nc3ccc(F)cc3OC3CCC(O)OC3)ncnc2c1. The Morgan fingerprint density at radius 1 is 1.28 bits per heavy atom. The van der Waals surface area contributed by atoms with Gasteiger partial charge in [0.05, 0.1) is 17.8 Å². The molecular formula is C22H25FN4O4S. The molecule has 32 heavy (non-hydrogen) atoms. The van der Waals surface area contributed by atoms with Gasteiger partial charge in [-0.15, -0.1) is 0 Å². The van der Waals surface area contributed by atoms with Gasteiger partial charge in [-0.1, -0.05) is 0 Å². The molecule has 0 bridgehead atoms. The molecule has 3 aromatic rings. The summed E-state index contributed by atoms with van der Waals surface area (Å²) in [7, 11) is -2.44. The van der Waals surface area contributed by atoms with Gasteiger partial charge in [0, 0.05) is 39.5 Å². The number of rotatable bonds is 6. The molecule has 2 heterocycles. The molecule has 1 aliphatic rings. The highest BCUT2D eigenvalue weighted by molar-refractivity contribution is 8.00. The van der Waals surface area contributed by atoms with Crippen LogP contribution in [-0.4, -0.2) is 50.4 Å². The number of hydrogen-bond acceptors (Lipinski definition) is 7. The number of halogens is 1. The monoisotopic (exact) mass is 460 g/mol. The van der Waals surface area contributed by atoms with Crippen molar-refractivity contribution in [2.45, 2.75) is 32.2 Å². The van der Waals surface area contributed by atoms with Crippen LogP contribution < -0.4 is 14.8 Å². The lowest BCUT2D eigenvalue weighted by Gasteiger charge is -2.27. The average molecular weight is 461 g/mol. The number of hydrogen-bond donors (Lipinski definition) is 3. The summed E-state index contributed by atoms with van der Waals surface area (Å²) in [5.41, 5.74) is 2.68. The first-order valence-corrected chi connectivity index (χ1v) is 12.2. The lowest BCUT2D eigenvalue weighted by molar-refractivity contribution is -0.151. The van der Waals surface area contributed by atoms with Gasteiger partial charge in [-0.25, -0.2) is 18.6 Å². The number of fused-ring (bicyclic) bond motifs is 1. The Morgan fingerprint density at radius 3 is 2.81 bits per heavy atom. The minimum atomic E-state index is -2.44. The fourth-order valence-corrected chi connectivity index (χ4v) is 4.22. The Bertz CT molecular complexity index is 1240. The van der Waals surface area contributed by atoms with Crippen LogP contribution in [0.15, 0.2) is 36.7 Å². The smallest absolute Gasteiger partial charge is 0.154 e. The lowest BCUT2D eigenvalue weighted by atomic mass is 10.1. The van der Waals surface area contributed by atoms with Gasteiger partial charge in [0.25, 0.3) is 0 Å². The summed E-state index contributed by atoms with van der Waals surface area (Å²) in [4.78, 5) is 8.71. The van der Waals surface area contributed by atoms with E-state index in [-0.39, 0.29) is 12.7 Å². The number of ether oxygens (including phenoxy) is 2. The van der Waals surface area contributed by atoms with Gasteiger partial charge in [0.2, 0.25) is 0 Å². The molecular weight excluding hydrogens is 435 g/mol. The summed E-state index contributed by atoms with van der Waals surface area (Å²) < 4.78 is 40.1. The first-order valence-electron chi connectivity index (χ1n) is 10.1. The van der Waals surface area contributed by atoms with E-state index in [9.17, 15) is 13.7 Å². The number of nitrogens with zero attached hydrogens (tertiary/aromatic N) is 2. The number of benzene rings is 2. The van der Waals surface area contributed by atoms with E-state index in [1.165, 1.54) is 24.7 Å². The molecule has 1 saturated heterocycles. The van der Waals surface area contributed by atoms with Crippen molar-refractivity contribution >= 4 is 43.7 Å². The van der Waals surface area contributed by atoms with Crippen LogP contribution in [0.1, 0.15) is 18.4 Å². The standard InChI is InChI=1S/C22H25FN4O4S/c1-13-8-15(27-32(2,3)29)10-18-21(13)22(25-12-24-18)26-17-6-4-14(23)9-19(17)31-16-5-7-20(28)30-11-16/h4,6,8-10,12,16,20,28H,2,5,7,11H2,1,3H3,(H,27,29)(H,24,25,26). The third-order valence-electron chi connectivity index (χ3n) is 4.97. The first-order chi connectivity index (χ1) is 15.2. The Balaban J connectivity index is 1.66. The zero-order valence-electron chi connectivity index (χ0n) is 17.8. The molecule has 0 aliphatic carbocycles. The van der Waals surface area contributed by atoms with E-state index in [0.717, 1.165) is 10.9 Å². The highest BCUT2D eigenvalue weighted by Crippen LogP contribution is 2.34. The highest BCUT2D eigenvalue weighted by atomic mass is 32.2. The summed E-state index contributed by atoms with van der Waals surface area (Å²) >= 11 is 0. The van der Waals surface area contributed by atoms with Crippen LogP contribution in [0.4, 0.5) is 21.6 Å². The molecule has 3 atom stereocenters. The zero-order valence-corrected chi connectivity index (χ0v) is 18.6. The van der Waals surface area contributed by atoms with Crippen molar-refractivity contribution in [3.8, 4) is 5.75 Å². The average Bonchev–Trinajstić information content (AvgIpc) is 2.70. The summed E-state index contributed by atoms with van der Waals surface area (Å²) in [6, 6.07) is 7.84. The van der Waals surface area contributed by atoms with Crippen molar-refractivity contribution in [1.29, 1.82) is 0 Å². The zero-order chi connectivity index (χ0) is 22.9. The van der Waals surface area contributed by atoms with Gasteiger partial charge in [-0.2, -0.15) is 0 Å². The first kappa shape index (κ1) is 22.3. The van der Waals surface area contributed by atoms with E-state index < -0.39 is 21.8 Å². The van der Waals surface area contributed by atoms with Gasteiger partial charge < -0.3 is 24.6 Å². The quantitative estimate of drug-likeness (QED) is 0.484. The summed E-state index contributed by atoms with van der Waals surface area (Å²) in [6.07, 6.45) is 2.89. The molecule has 10 heteroatoms. The molecule has 3 unspecified atom stereocenters. The number of aliphatic hydroxyl groups is 1. The van der Waals surface area contributed by atoms with Gasteiger partial charge in [-0.3, -0.25) is 0 Å². The van der Waals surface area contributed by atoms with Crippen molar-refractivity contribution < 1.29 is 23.2 Å².